The van der Waals surface area contributed by atoms with Gasteiger partial charge < -0.3 is 0 Å². The van der Waals surface area contributed by atoms with Gasteiger partial charge in [0.15, 0.2) is 0 Å². The number of nitrogens with zero attached hydrogens (tertiary/aromatic N) is 1. The number of rotatable bonds is 3. The minimum Gasteiger partial charge on any atom is -0.298 e. The van der Waals surface area contributed by atoms with Crippen LogP contribution in [0.5, 0.6) is 0 Å². The quantitative estimate of drug-likeness (QED) is 0.475. The van der Waals surface area contributed by atoms with Gasteiger partial charge in [-0.25, -0.2) is 0 Å². The minimum atomic E-state index is 0.765. The molecule has 0 aromatic rings. The van der Waals surface area contributed by atoms with Gasteiger partial charge >= 0.3 is 0 Å². The van der Waals surface area contributed by atoms with E-state index in [0.29, 0.717) is 0 Å². The van der Waals surface area contributed by atoms with E-state index in [4.69, 9.17) is 6.42 Å². The molecule has 1 saturated heterocycles. The third-order valence-corrected chi connectivity index (χ3v) is 3.11. The summed E-state index contributed by atoms with van der Waals surface area (Å²) in [7, 11) is 0. The number of terminal acetylenes is 1. The Hall–Kier alpha value is -0.480. The molecule has 0 radical (unpaired) electrons. The van der Waals surface area contributed by atoms with Crippen LogP contribution in [0.3, 0.4) is 0 Å². The Bertz CT molecular complexity index is 170. The molecule has 0 aliphatic carbocycles. The molecule has 1 aliphatic heterocycles. The number of hydrogen-bond acceptors (Lipinski definition) is 1. The van der Waals surface area contributed by atoms with Crippen molar-refractivity contribution >= 4 is 0 Å². The van der Waals surface area contributed by atoms with Crippen LogP contribution in [-0.2, 0) is 0 Å². The molecular weight excluding hydrogens is 158 g/mol. The van der Waals surface area contributed by atoms with Gasteiger partial charge in [0.2, 0.25) is 0 Å². The third kappa shape index (κ3) is 3.04. The van der Waals surface area contributed by atoms with Gasteiger partial charge in [0.05, 0.1) is 0 Å². The summed E-state index contributed by atoms with van der Waals surface area (Å²) in [6, 6.07) is 1.53. The Labute approximate surface area is 82.5 Å². The second-order valence-corrected chi connectivity index (χ2v) is 4.17. The monoisotopic (exact) mass is 179 g/mol. The number of piperidine rings is 1. The van der Waals surface area contributed by atoms with Crippen molar-refractivity contribution in [2.75, 3.05) is 6.54 Å². The van der Waals surface area contributed by atoms with Gasteiger partial charge in [-0.3, -0.25) is 4.90 Å². The van der Waals surface area contributed by atoms with E-state index in [1.54, 1.807) is 0 Å². The summed E-state index contributed by atoms with van der Waals surface area (Å²) in [5.74, 6) is 2.71. The van der Waals surface area contributed by atoms with Crippen molar-refractivity contribution in [2.45, 2.75) is 58.0 Å². The van der Waals surface area contributed by atoms with E-state index < -0.39 is 0 Å². The second-order valence-electron chi connectivity index (χ2n) is 4.17. The van der Waals surface area contributed by atoms with Gasteiger partial charge in [-0.2, -0.15) is 0 Å². The van der Waals surface area contributed by atoms with Crippen LogP contribution in [0.4, 0.5) is 0 Å². The van der Waals surface area contributed by atoms with E-state index in [-0.39, 0.29) is 0 Å². The van der Waals surface area contributed by atoms with Gasteiger partial charge in [-0.1, -0.05) is 6.42 Å². The molecule has 0 unspecified atom stereocenters. The summed E-state index contributed by atoms with van der Waals surface area (Å²) in [5, 5.41) is 0. The maximum atomic E-state index is 5.24. The van der Waals surface area contributed by atoms with E-state index in [1.165, 1.54) is 25.8 Å². The molecule has 0 saturated carbocycles. The van der Waals surface area contributed by atoms with Crippen molar-refractivity contribution in [2.24, 2.45) is 0 Å². The lowest BCUT2D eigenvalue weighted by molar-refractivity contribution is 0.103. The van der Waals surface area contributed by atoms with Crippen LogP contribution in [0.1, 0.15) is 46.0 Å². The highest BCUT2D eigenvalue weighted by Crippen LogP contribution is 2.22. The summed E-state index contributed by atoms with van der Waals surface area (Å²) < 4.78 is 0. The fourth-order valence-electron chi connectivity index (χ4n) is 2.28. The first-order chi connectivity index (χ1) is 6.25. The summed E-state index contributed by atoms with van der Waals surface area (Å²) in [5.41, 5.74) is 0. The zero-order valence-electron chi connectivity index (χ0n) is 8.92. The van der Waals surface area contributed by atoms with Crippen molar-refractivity contribution in [3.05, 3.63) is 0 Å². The predicted molar refractivity (Wildman–Crippen MR) is 57.5 cm³/mol. The van der Waals surface area contributed by atoms with Crippen LogP contribution in [0, 0.1) is 12.3 Å². The minimum absolute atomic E-state index is 0.765. The standard InChI is InChI=1S/C12H21N/c1-4-5-6-10-13-11(2)8-7-9-12(13)3/h1,11-12H,5-10H2,2-3H3/t11-,12+. The van der Waals surface area contributed by atoms with Crippen LogP contribution in [0.25, 0.3) is 0 Å². The van der Waals surface area contributed by atoms with Crippen LogP contribution in [0.15, 0.2) is 0 Å². The molecule has 74 valence electrons. The highest BCUT2D eigenvalue weighted by atomic mass is 15.2. The van der Waals surface area contributed by atoms with Crippen LogP contribution < -0.4 is 0 Å². The van der Waals surface area contributed by atoms with Crippen molar-refractivity contribution < 1.29 is 0 Å². The molecule has 1 nitrogen and oxygen atoms in total. The van der Waals surface area contributed by atoms with E-state index in [2.05, 4.69) is 24.7 Å². The highest BCUT2D eigenvalue weighted by molar-refractivity contribution is 4.85. The number of hydrogen-bond donors (Lipinski definition) is 0. The zero-order chi connectivity index (χ0) is 9.68. The van der Waals surface area contributed by atoms with Gasteiger partial charge in [-0.05, 0) is 39.7 Å². The molecule has 1 fully saturated rings. The normalized spacial score (nSPS) is 29.9. The maximum Gasteiger partial charge on any atom is 0.00982 e. The molecule has 0 aromatic carbocycles. The van der Waals surface area contributed by atoms with E-state index in [9.17, 15) is 0 Å². The average Bonchev–Trinajstić information content (AvgIpc) is 2.10. The lowest BCUT2D eigenvalue weighted by Gasteiger charge is -2.38. The molecule has 1 aliphatic rings. The Morgan fingerprint density at radius 3 is 2.46 bits per heavy atom. The molecular formula is C12H21N. The van der Waals surface area contributed by atoms with Gasteiger partial charge in [0.25, 0.3) is 0 Å². The van der Waals surface area contributed by atoms with Crippen LogP contribution in [0.2, 0.25) is 0 Å². The Kier molecular flexibility index (Phi) is 4.32. The molecule has 1 heterocycles. The summed E-state index contributed by atoms with van der Waals surface area (Å²) in [6.07, 6.45) is 11.4. The first-order valence-corrected chi connectivity index (χ1v) is 5.45. The van der Waals surface area contributed by atoms with Crippen molar-refractivity contribution in [3.8, 4) is 12.3 Å². The van der Waals surface area contributed by atoms with E-state index in [0.717, 1.165) is 24.9 Å². The Balaban J connectivity index is 2.31. The molecule has 2 atom stereocenters. The molecule has 1 heteroatoms. The van der Waals surface area contributed by atoms with Crippen LogP contribution in [-0.4, -0.2) is 23.5 Å². The molecule has 0 aromatic heterocycles. The number of likely N-dealkylation sites (tertiary alicyclic amines) is 1. The van der Waals surface area contributed by atoms with Crippen molar-refractivity contribution in [3.63, 3.8) is 0 Å². The van der Waals surface area contributed by atoms with Gasteiger partial charge in [0, 0.05) is 18.5 Å². The first kappa shape index (κ1) is 10.6. The van der Waals surface area contributed by atoms with Crippen molar-refractivity contribution in [1.29, 1.82) is 0 Å². The Morgan fingerprint density at radius 1 is 1.31 bits per heavy atom. The molecule has 1 rings (SSSR count). The lowest BCUT2D eigenvalue weighted by atomic mass is 9.97. The van der Waals surface area contributed by atoms with Gasteiger partial charge in [0.1, 0.15) is 0 Å². The van der Waals surface area contributed by atoms with Gasteiger partial charge in [-0.15, -0.1) is 12.3 Å². The molecule has 0 amide bonds. The summed E-state index contributed by atoms with van der Waals surface area (Å²) >= 11 is 0. The topological polar surface area (TPSA) is 3.24 Å². The fourth-order valence-corrected chi connectivity index (χ4v) is 2.28. The molecule has 0 spiro atoms. The second kappa shape index (κ2) is 5.29. The zero-order valence-corrected chi connectivity index (χ0v) is 8.92. The molecule has 13 heavy (non-hydrogen) atoms. The molecule has 0 bridgehead atoms. The largest absolute Gasteiger partial charge is 0.298 e. The summed E-state index contributed by atoms with van der Waals surface area (Å²) in [6.45, 7) is 5.86. The Morgan fingerprint density at radius 2 is 1.92 bits per heavy atom. The fraction of sp³-hybridized carbons (Fsp3) is 0.833. The van der Waals surface area contributed by atoms with E-state index >= 15 is 0 Å². The number of unbranched alkanes of at least 4 members (excludes halogenated alkanes) is 1. The van der Waals surface area contributed by atoms with Crippen LogP contribution >= 0.6 is 0 Å². The predicted octanol–water partition coefficient (Wildman–Crippen LogP) is 2.66. The maximum absolute atomic E-state index is 5.24. The SMILES string of the molecule is C#CCCCN1[C@H](C)CCC[C@@H]1C. The lowest BCUT2D eigenvalue weighted by Crippen LogP contribution is -2.44. The average molecular weight is 179 g/mol. The third-order valence-electron chi connectivity index (χ3n) is 3.11. The first-order valence-electron chi connectivity index (χ1n) is 5.45. The van der Waals surface area contributed by atoms with E-state index in [1.807, 2.05) is 0 Å². The smallest absolute Gasteiger partial charge is 0.00982 e. The molecule has 0 N–H and O–H groups in total. The van der Waals surface area contributed by atoms with Crippen molar-refractivity contribution in [1.82, 2.24) is 4.90 Å². The highest BCUT2D eigenvalue weighted by Gasteiger charge is 2.23. The summed E-state index contributed by atoms with van der Waals surface area (Å²) in [4.78, 5) is 2.61.